The number of methoxy groups -OCH3 is 2. The number of urea groups is 5. The average Bonchev–Trinajstić information content (AvgIpc) is 1.83. The summed E-state index contributed by atoms with van der Waals surface area (Å²) in [5, 5.41) is 21.6. The zero-order valence-electron chi connectivity index (χ0n) is 92.4. The number of nitrogens with one attached hydrogen (secondary N) is 1. The highest BCUT2D eigenvalue weighted by molar-refractivity contribution is 5.83. The number of ether oxygens (including phenoxy) is 4. The number of nitriles is 1. The van der Waals surface area contributed by atoms with Crippen molar-refractivity contribution >= 4 is 47.9 Å². The number of β-amino-alcohol motifs (C(OH)–C–C–N with tert-alkyl or cyclic N) is 1. The van der Waals surface area contributed by atoms with Crippen LogP contribution in [-0.2, 0) is 33.3 Å². The lowest BCUT2D eigenvalue weighted by atomic mass is 9.88. The summed E-state index contributed by atoms with van der Waals surface area (Å²) in [4.78, 5) is 143. The number of carbonyl (C=O) groups is 8. The Morgan fingerprint density at radius 3 is 0.944 bits per heavy atom. The average molecular weight is 2000 g/mol. The van der Waals surface area contributed by atoms with Crippen LogP contribution in [0.25, 0.3) is 0 Å². The zero-order valence-corrected chi connectivity index (χ0v) is 92.4. The van der Waals surface area contributed by atoms with Crippen molar-refractivity contribution in [3.8, 4) is 6.07 Å². The number of aliphatic hydroxyl groups is 1. The first-order valence-corrected chi connectivity index (χ1v) is 56.0. The highest BCUT2D eigenvalue weighted by Crippen LogP contribution is 2.29. The maximum Gasteiger partial charge on any atom is 0.320 e. The number of rotatable bonds is 16. The molecule has 15 saturated heterocycles. The monoisotopic (exact) mass is 2000 g/mol. The highest BCUT2D eigenvalue weighted by Gasteiger charge is 2.40. The summed E-state index contributed by atoms with van der Waals surface area (Å²) in [5.41, 5.74) is 0. The quantitative estimate of drug-likeness (QED) is 0.147. The first kappa shape index (κ1) is 119. The summed E-state index contributed by atoms with van der Waals surface area (Å²) in [5.74, 6) is 1.87. The molecule has 16 rings (SSSR count). The van der Waals surface area contributed by atoms with Crippen LogP contribution in [0.2, 0.25) is 0 Å². The van der Waals surface area contributed by atoms with Crippen molar-refractivity contribution in [1.82, 2.24) is 108 Å². The van der Waals surface area contributed by atoms with Crippen LogP contribution in [0.1, 0.15) is 221 Å². The van der Waals surface area contributed by atoms with E-state index in [-0.39, 0.29) is 78.5 Å². The molecule has 1 aliphatic carbocycles. The molecule has 0 bridgehead atoms. The predicted molar refractivity (Wildman–Crippen MR) is 562 cm³/mol. The first-order valence-electron chi connectivity index (χ1n) is 56.0. The molecule has 0 radical (unpaired) electrons. The Hall–Kier alpha value is -6.31. The van der Waals surface area contributed by atoms with Crippen LogP contribution >= 0.6 is 0 Å². The number of piperidine rings is 1. The molecule has 7 unspecified atom stereocenters. The SMILES string of the molecule is CC(C)N1CCN(C(=O)C2CCCCC2)CC1.CC(C)N1CCN(C(=O)C2CCCCN2)CC1.CC(C)N1CCN(C(=O)C2CCCO2)CC1.CC(C)N1CCN(C(=O)N2CCC(C#N)C2)CC1.CC(C)N1CCN(C(=O)N2CCC(O)C2)CC1.CC(C)OC1CCN(C(=O)N2CCN(C(C)C)CC2)C1.COC1CCN(C(=O)N2CCN(C(C)C)CC2)C1.COCC1CCN(C(=O)N2CCN(C(C)C)CC2)C1. The Bertz CT molecular complexity index is 3560. The third kappa shape index (κ3) is 38.1. The molecule has 13 amide bonds. The van der Waals surface area contributed by atoms with Gasteiger partial charge in [0.2, 0.25) is 11.8 Å². The Morgan fingerprint density at radius 2 is 0.634 bits per heavy atom. The predicted octanol–water partition coefficient (Wildman–Crippen LogP) is 8.28. The Balaban J connectivity index is 0.000000181. The molecule has 16 fully saturated rings. The molecule has 0 aromatic carbocycles. The van der Waals surface area contributed by atoms with Crippen molar-refractivity contribution in [3.05, 3.63) is 0 Å². The number of aliphatic hydroxyl groups excluding tert-OH is 1. The molecule has 36 heteroatoms. The van der Waals surface area contributed by atoms with Crippen LogP contribution in [0.5, 0.6) is 0 Å². The lowest BCUT2D eigenvalue weighted by Gasteiger charge is -2.38. The molecule has 2 N–H and O–H groups in total. The van der Waals surface area contributed by atoms with E-state index >= 15 is 0 Å². The van der Waals surface area contributed by atoms with Gasteiger partial charge in [0.1, 0.15) is 6.10 Å². The van der Waals surface area contributed by atoms with Crippen LogP contribution < -0.4 is 5.32 Å². The van der Waals surface area contributed by atoms with Gasteiger partial charge < -0.3 is 93.1 Å². The normalized spacial score (nSPS) is 26.0. The minimum absolute atomic E-state index is 0.0332. The maximum atomic E-state index is 12.5. The number of nitrogens with zero attached hydrogens (tertiary/aromatic N) is 22. The fourth-order valence-electron chi connectivity index (χ4n) is 22.2. The summed E-state index contributed by atoms with van der Waals surface area (Å²) < 4.78 is 21.7. The van der Waals surface area contributed by atoms with E-state index < -0.39 is 0 Å². The van der Waals surface area contributed by atoms with E-state index in [4.69, 9.17) is 24.2 Å². The fourth-order valence-corrected chi connectivity index (χ4v) is 22.2. The van der Waals surface area contributed by atoms with Gasteiger partial charge in [0.25, 0.3) is 5.91 Å². The van der Waals surface area contributed by atoms with Crippen molar-refractivity contribution in [1.29, 1.82) is 5.26 Å². The van der Waals surface area contributed by atoms with Crippen molar-refractivity contribution in [3.63, 3.8) is 0 Å². The smallest absolute Gasteiger partial charge is 0.320 e. The van der Waals surface area contributed by atoms with Gasteiger partial charge in [0.05, 0.1) is 49.1 Å². The molecule has 16 aliphatic rings. The van der Waals surface area contributed by atoms with E-state index in [9.17, 15) is 43.5 Å². The summed E-state index contributed by atoms with van der Waals surface area (Å²) in [6, 6.07) is 7.81. The van der Waals surface area contributed by atoms with Crippen LogP contribution in [-0.4, -0.2) is 550 Å². The lowest BCUT2D eigenvalue weighted by molar-refractivity contribution is -0.143. The number of carbonyl (C=O) groups excluding carboxylic acids is 8. The maximum absolute atomic E-state index is 12.5. The third-order valence-electron chi connectivity index (χ3n) is 32.1. The molecular weight excluding hydrogens is 1800 g/mol. The van der Waals surface area contributed by atoms with Gasteiger partial charge in [-0.25, -0.2) is 24.0 Å². The number of likely N-dealkylation sites (tertiary alicyclic amines) is 5. The molecule has 0 spiro atoms. The second-order valence-corrected chi connectivity index (χ2v) is 44.8. The molecule has 142 heavy (non-hydrogen) atoms. The second-order valence-electron chi connectivity index (χ2n) is 44.8. The molecule has 15 aliphatic heterocycles. The Morgan fingerprint density at radius 1 is 0.317 bits per heavy atom. The van der Waals surface area contributed by atoms with E-state index in [2.05, 4.69) is 180 Å². The van der Waals surface area contributed by atoms with E-state index in [1.807, 2.05) is 53.9 Å². The van der Waals surface area contributed by atoms with Gasteiger partial charge in [-0.3, -0.25) is 53.6 Å². The lowest BCUT2D eigenvalue weighted by Crippen LogP contribution is -2.55. The fraction of sp³-hybridized carbons (Fsp3) is 0.915. The van der Waals surface area contributed by atoms with Gasteiger partial charge in [0.15, 0.2) is 0 Å². The van der Waals surface area contributed by atoms with Crippen molar-refractivity contribution in [2.75, 3.05) is 309 Å². The van der Waals surface area contributed by atoms with Gasteiger partial charge in [-0.05, 0) is 202 Å². The molecule has 0 aromatic rings. The number of hydrogen-bond acceptors (Lipinski definition) is 23. The number of hydrogen-bond donors (Lipinski definition) is 2. The molecule has 15 heterocycles. The molecule has 816 valence electrons. The standard InChI is InChI=1S/C15H29N3O2.C14H27N3O2.C14H26N2O.C13H22N4O.C13H25N3O2.C13H25N3O.C12H23N3O2.C12H22N2O2/c1-12(2)16-7-9-17(10-8-16)15(19)18-6-5-14(11-18)20-13(3)4;1-12(2)15-6-8-16(9-7-15)14(18)17-5-4-13(10-17)11-19-3;1-12(2)15-8-10-16(11-9-15)14(17)13-6-4-3-5-7-13;1-11(2)15-5-7-16(8-6-15)13(18)17-4-3-12(9-14)10-17;1-11(2)14-6-8-15(9-7-14)13(17)16-5-4-12(10-16)18-3;1-11(2)15-7-9-16(10-8-15)13(17)12-5-3-4-6-14-12;1-10(2)13-5-7-14(8-6-13)12(17)15-4-3-11(16)9-15;1-10(2)13-5-7-14(8-6-13)12(15)11-4-3-9-16-11/h12-14H,5-11H2,1-4H3;12-13H,4-11H2,1-3H3;12-13H,3-11H2,1-2H3;11-12H,3-8,10H2,1-2H3;11-12H,4-10H2,1-3H3;11-12,14H,3-10H2,1-2H3;10-11,16H,3-9H2,1-2H3;10-11H,3-9H2,1-2H3. The second kappa shape index (κ2) is 61.6. The largest absolute Gasteiger partial charge is 0.391 e. The third-order valence-corrected chi connectivity index (χ3v) is 32.1. The van der Waals surface area contributed by atoms with E-state index in [1.54, 1.807) is 19.1 Å². The van der Waals surface area contributed by atoms with Crippen molar-refractivity contribution in [2.45, 2.75) is 306 Å². The Kier molecular flexibility index (Phi) is 51.7. The Labute approximate surface area is 857 Å². The van der Waals surface area contributed by atoms with Crippen molar-refractivity contribution < 1.29 is 62.4 Å². The summed E-state index contributed by atoms with van der Waals surface area (Å²) >= 11 is 0. The van der Waals surface area contributed by atoms with Crippen LogP contribution in [0, 0.1) is 29.1 Å². The minimum Gasteiger partial charge on any atom is -0.391 e. The molecule has 1 saturated carbocycles. The summed E-state index contributed by atoms with van der Waals surface area (Å²) in [6.07, 6.45) is 16.2. The van der Waals surface area contributed by atoms with E-state index in [0.29, 0.717) is 91.6 Å². The van der Waals surface area contributed by atoms with Gasteiger partial charge in [-0.2, -0.15) is 5.26 Å². The van der Waals surface area contributed by atoms with E-state index in [0.717, 1.165) is 339 Å². The highest BCUT2D eigenvalue weighted by atomic mass is 16.5. The van der Waals surface area contributed by atoms with Crippen molar-refractivity contribution in [2.24, 2.45) is 17.8 Å². The van der Waals surface area contributed by atoms with Gasteiger partial charge in [-0.1, -0.05) is 25.7 Å². The minimum atomic E-state index is -0.323. The van der Waals surface area contributed by atoms with E-state index in [1.165, 1.54) is 32.1 Å². The van der Waals surface area contributed by atoms with Crippen LogP contribution in [0.15, 0.2) is 0 Å². The number of piperazine rings is 8. The molecule has 36 nitrogen and oxygen atoms in total. The summed E-state index contributed by atoms with van der Waals surface area (Å²) in [6.45, 7) is 79.1. The first-order chi connectivity index (χ1) is 67.9. The molecule has 7 atom stereocenters. The van der Waals surface area contributed by atoms with Gasteiger partial charge >= 0.3 is 30.2 Å². The summed E-state index contributed by atoms with van der Waals surface area (Å²) in [7, 11) is 3.45. The van der Waals surface area contributed by atoms with Crippen LogP contribution in [0.3, 0.4) is 0 Å². The molecule has 0 aromatic heterocycles. The van der Waals surface area contributed by atoms with Gasteiger partial charge in [0, 0.05) is 356 Å². The number of amides is 13. The van der Waals surface area contributed by atoms with Gasteiger partial charge in [-0.15, -0.1) is 0 Å². The topological polar surface area (TPSA) is 298 Å². The molecular formula is C106H199N23O13. The zero-order chi connectivity index (χ0) is 103. The van der Waals surface area contributed by atoms with Crippen LogP contribution in [0.4, 0.5) is 24.0 Å².